The number of fused-ring (bicyclic) bond motifs is 1. The number of aromatic carboxylic acids is 1. The van der Waals surface area contributed by atoms with Crippen LogP contribution in [0.3, 0.4) is 0 Å². The van der Waals surface area contributed by atoms with Crippen molar-refractivity contribution in [2.45, 2.75) is 31.5 Å². The number of aliphatic hydroxyl groups excluding tert-OH is 1. The molecular weight excluding hydrogens is 332 g/mol. The Bertz CT molecular complexity index is 929. The van der Waals surface area contributed by atoms with E-state index < -0.39 is 12.1 Å². The minimum Gasteiger partial charge on any atom is -0.478 e. The van der Waals surface area contributed by atoms with Gasteiger partial charge in [0.15, 0.2) is 0 Å². The number of hydrogen-bond acceptors (Lipinski definition) is 4. The molecule has 1 saturated carbocycles. The smallest absolute Gasteiger partial charge is 0.335 e. The first-order chi connectivity index (χ1) is 12.6. The van der Waals surface area contributed by atoms with Crippen molar-refractivity contribution in [1.29, 1.82) is 0 Å². The number of carboxylic acid groups (broad SMARTS) is 1. The predicted molar refractivity (Wildman–Crippen MR) is 96.6 cm³/mol. The van der Waals surface area contributed by atoms with Crippen LogP contribution in [-0.4, -0.2) is 38.4 Å². The predicted octanol–water partition coefficient (Wildman–Crippen LogP) is 3.33. The zero-order valence-electron chi connectivity index (χ0n) is 14.2. The molecule has 0 bridgehead atoms. The van der Waals surface area contributed by atoms with Gasteiger partial charge in [-0.3, -0.25) is 0 Å². The van der Waals surface area contributed by atoms with E-state index in [4.69, 9.17) is 9.84 Å². The van der Waals surface area contributed by atoms with Gasteiger partial charge in [0, 0.05) is 29.0 Å². The lowest BCUT2D eigenvalue weighted by atomic mass is 9.96. The molecule has 26 heavy (non-hydrogen) atoms. The Hall–Kier alpha value is -2.70. The number of carboxylic acids is 1. The van der Waals surface area contributed by atoms with Crippen LogP contribution < -0.4 is 0 Å². The fourth-order valence-corrected chi connectivity index (χ4v) is 3.06. The average Bonchev–Trinajstić information content (AvgIpc) is 3.03. The first-order valence-corrected chi connectivity index (χ1v) is 8.72. The fraction of sp³-hybridized carbons (Fsp3) is 0.300. The average molecular weight is 352 g/mol. The van der Waals surface area contributed by atoms with E-state index in [1.807, 2.05) is 22.9 Å². The number of ether oxygens (including phenoxy) is 1. The van der Waals surface area contributed by atoms with Gasteiger partial charge in [-0.25, -0.2) is 9.78 Å². The van der Waals surface area contributed by atoms with E-state index in [1.165, 1.54) is 6.42 Å². The molecule has 2 N–H and O–H groups in total. The molecule has 2 aromatic heterocycles. The number of nitrogens with zero attached hydrogens (tertiary/aromatic N) is 2. The molecule has 134 valence electrons. The van der Waals surface area contributed by atoms with Crippen molar-refractivity contribution in [2.24, 2.45) is 0 Å². The number of benzene rings is 1. The number of carbonyl (C=O) groups is 1. The topological polar surface area (TPSA) is 84.6 Å². The maximum atomic E-state index is 11.0. The lowest BCUT2D eigenvalue weighted by molar-refractivity contribution is -0.0427. The summed E-state index contributed by atoms with van der Waals surface area (Å²) in [6, 6.07) is 10.5. The van der Waals surface area contributed by atoms with Crippen molar-refractivity contribution in [3.8, 4) is 5.69 Å². The van der Waals surface area contributed by atoms with E-state index in [0.29, 0.717) is 0 Å². The van der Waals surface area contributed by atoms with Crippen LogP contribution in [0.4, 0.5) is 0 Å². The van der Waals surface area contributed by atoms with Gasteiger partial charge in [-0.05, 0) is 55.7 Å². The maximum absolute atomic E-state index is 11.0. The van der Waals surface area contributed by atoms with Crippen LogP contribution >= 0.6 is 0 Å². The molecule has 0 spiro atoms. The molecule has 2 heterocycles. The molecule has 1 aliphatic rings. The van der Waals surface area contributed by atoms with Gasteiger partial charge in [0.1, 0.15) is 11.8 Å². The summed E-state index contributed by atoms with van der Waals surface area (Å²) < 4.78 is 7.57. The molecule has 0 unspecified atom stereocenters. The highest BCUT2D eigenvalue weighted by Crippen LogP contribution is 2.26. The molecule has 0 aliphatic heterocycles. The second-order valence-electron chi connectivity index (χ2n) is 6.62. The summed E-state index contributed by atoms with van der Waals surface area (Å²) in [5.74, 6) is -0.949. The summed E-state index contributed by atoms with van der Waals surface area (Å²) >= 11 is 0. The van der Waals surface area contributed by atoms with Crippen LogP contribution in [0.25, 0.3) is 16.7 Å². The summed E-state index contributed by atoms with van der Waals surface area (Å²) in [4.78, 5) is 15.5. The summed E-state index contributed by atoms with van der Waals surface area (Å²) in [5.41, 5.74) is 2.56. The number of aliphatic hydroxyl groups is 1. The third kappa shape index (κ3) is 3.21. The first kappa shape index (κ1) is 16.8. The second kappa shape index (κ2) is 6.90. The molecular formula is C20H20N2O4. The van der Waals surface area contributed by atoms with Gasteiger partial charge in [0.2, 0.25) is 0 Å². The monoisotopic (exact) mass is 352 g/mol. The Labute approximate surface area is 150 Å². The van der Waals surface area contributed by atoms with E-state index in [-0.39, 0.29) is 18.3 Å². The molecule has 4 rings (SSSR count). The van der Waals surface area contributed by atoms with E-state index in [2.05, 4.69) is 4.98 Å². The molecule has 3 aromatic rings. The van der Waals surface area contributed by atoms with Crippen LogP contribution in [0, 0.1) is 0 Å². The SMILES string of the molecule is O=C(O)c1ccc(-n2ccc3cc([C@@H](O)COC4CCC4)cnc32)cc1. The van der Waals surface area contributed by atoms with Crippen molar-refractivity contribution in [3.05, 3.63) is 59.9 Å². The van der Waals surface area contributed by atoms with Gasteiger partial charge in [-0.2, -0.15) is 0 Å². The molecule has 1 atom stereocenters. The van der Waals surface area contributed by atoms with Crippen LogP contribution in [0.1, 0.15) is 41.3 Å². The maximum Gasteiger partial charge on any atom is 0.335 e. The Balaban J connectivity index is 1.55. The zero-order chi connectivity index (χ0) is 18.1. The molecule has 1 aromatic carbocycles. The van der Waals surface area contributed by atoms with E-state index in [0.717, 1.165) is 35.1 Å². The van der Waals surface area contributed by atoms with Crippen LogP contribution in [0.5, 0.6) is 0 Å². The minimum atomic E-state index is -0.949. The van der Waals surface area contributed by atoms with Crippen LogP contribution in [-0.2, 0) is 4.74 Å². The standard InChI is InChI=1S/C20H20N2O4/c23-18(12-26-17-2-1-3-17)15-10-14-8-9-22(19(14)21-11-15)16-6-4-13(5-7-16)20(24)25/h4-11,17-18,23H,1-3,12H2,(H,24,25)/t18-/m0/s1. The molecule has 1 aliphatic carbocycles. The van der Waals surface area contributed by atoms with Gasteiger partial charge >= 0.3 is 5.97 Å². The second-order valence-corrected chi connectivity index (χ2v) is 6.62. The minimum absolute atomic E-state index is 0.245. The summed E-state index contributed by atoms with van der Waals surface area (Å²) in [6.07, 6.45) is 6.51. The third-order valence-corrected chi connectivity index (χ3v) is 4.87. The lowest BCUT2D eigenvalue weighted by Crippen LogP contribution is -2.24. The van der Waals surface area contributed by atoms with Crippen molar-refractivity contribution >= 4 is 17.0 Å². The summed E-state index contributed by atoms with van der Waals surface area (Å²) in [7, 11) is 0. The normalized spacial score (nSPS) is 15.7. The summed E-state index contributed by atoms with van der Waals surface area (Å²) in [6.45, 7) is 0.287. The van der Waals surface area contributed by atoms with Crippen LogP contribution in [0.15, 0.2) is 48.8 Å². The highest BCUT2D eigenvalue weighted by molar-refractivity contribution is 5.88. The molecule has 1 fully saturated rings. The Kier molecular flexibility index (Phi) is 4.44. The third-order valence-electron chi connectivity index (χ3n) is 4.87. The van der Waals surface area contributed by atoms with Crippen molar-refractivity contribution in [2.75, 3.05) is 6.61 Å². The number of pyridine rings is 1. The van der Waals surface area contributed by atoms with Gasteiger partial charge in [-0.1, -0.05) is 0 Å². The van der Waals surface area contributed by atoms with Gasteiger partial charge < -0.3 is 19.5 Å². The number of rotatable bonds is 6. The van der Waals surface area contributed by atoms with Gasteiger partial charge in [0.25, 0.3) is 0 Å². The molecule has 0 saturated heterocycles. The largest absolute Gasteiger partial charge is 0.478 e. The van der Waals surface area contributed by atoms with Crippen molar-refractivity contribution in [1.82, 2.24) is 9.55 Å². The van der Waals surface area contributed by atoms with Crippen molar-refractivity contribution < 1.29 is 19.7 Å². The fourth-order valence-electron chi connectivity index (χ4n) is 3.06. The summed E-state index contributed by atoms with van der Waals surface area (Å²) in [5, 5.41) is 20.2. The van der Waals surface area contributed by atoms with Crippen LogP contribution in [0.2, 0.25) is 0 Å². The Morgan fingerprint density at radius 3 is 2.69 bits per heavy atom. The van der Waals surface area contributed by atoms with E-state index in [1.54, 1.807) is 30.5 Å². The number of aromatic nitrogens is 2. The zero-order valence-corrected chi connectivity index (χ0v) is 14.2. The quantitative estimate of drug-likeness (QED) is 0.711. The highest BCUT2D eigenvalue weighted by atomic mass is 16.5. The van der Waals surface area contributed by atoms with Crippen molar-refractivity contribution in [3.63, 3.8) is 0 Å². The van der Waals surface area contributed by atoms with Gasteiger partial charge in [0.05, 0.1) is 18.3 Å². The highest BCUT2D eigenvalue weighted by Gasteiger charge is 2.20. The van der Waals surface area contributed by atoms with Gasteiger partial charge in [-0.15, -0.1) is 0 Å². The van der Waals surface area contributed by atoms with E-state index >= 15 is 0 Å². The van der Waals surface area contributed by atoms with E-state index in [9.17, 15) is 9.90 Å². The molecule has 0 amide bonds. The first-order valence-electron chi connectivity index (χ1n) is 8.72. The number of hydrogen-bond donors (Lipinski definition) is 2. The molecule has 0 radical (unpaired) electrons. The molecule has 6 nitrogen and oxygen atoms in total. The Morgan fingerprint density at radius 2 is 2.04 bits per heavy atom. The lowest BCUT2D eigenvalue weighted by Gasteiger charge is -2.26. The molecule has 6 heteroatoms. The Morgan fingerprint density at radius 1 is 1.27 bits per heavy atom.